The maximum absolute atomic E-state index is 13.0. The van der Waals surface area contributed by atoms with Gasteiger partial charge < -0.3 is 0 Å². The Morgan fingerprint density at radius 2 is 1.15 bits per heavy atom. The molecule has 0 saturated heterocycles. The maximum Gasteiger partial charge on any atom is 0.416 e. The first kappa shape index (κ1) is 27.0. The van der Waals surface area contributed by atoms with Crippen molar-refractivity contribution in [1.29, 1.82) is 0 Å². The van der Waals surface area contributed by atoms with Gasteiger partial charge in [0.25, 0.3) is 0 Å². The first-order chi connectivity index (χ1) is 15.5. The van der Waals surface area contributed by atoms with Crippen molar-refractivity contribution in [3.8, 4) is 0 Å². The Kier molecular flexibility index (Phi) is 10.0. The molecular formula is C26H29F6Si. The minimum absolute atomic E-state index is 0.641. The second-order valence-corrected chi connectivity index (χ2v) is 10.6. The zero-order valence-corrected chi connectivity index (χ0v) is 19.7. The van der Waals surface area contributed by atoms with Crippen molar-refractivity contribution in [2.45, 2.75) is 64.2 Å². The van der Waals surface area contributed by atoms with Crippen LogP contribution in [0.1, 0.15) is 63.0 Å². The van der Waals surface area contributed by atoms with Gasteiger partial charge in [0.15, 0.2) is 8.80 Å². The van der Waals surface area contributed by atoms with E-state index in [2.05, 4.69) is 13.5 Å². The van der Waals surface area contributed by atoms with Gasteiger partial charge in [0.2, 0.25) is 0 Å². The van der Waals surface area contributed by atoms with Gasteiger partial charge in [0.05, 0.1) is 11.1 Å². The summed E-state index contributed by atoms with van der Waals surface area (Å²) >= 11 is 0. The van der Waals surface area contributed by atoms with Crippen molar-refractivity contribution in [3.63, 3.8) is 0 Å². The summed E-state index contributed by atoms with van der Waals surface area (Å²) < 4.78 is 77.8. The molecule has 1 radical (unpaired) electrons. The van der Waals surface area contributed by atoms with Gasteiger partial charge in [-0.1, -0.05) is 122 Å². The zero-order valence-electron chi connectivity index (χ0n) is 18.7. The summed E-state index contributed by atoms with van der Waals surface area (Å²) in [7, 11) is -1.82. The lowest BCUT2D eigenvalue weighted by molar-refractivity contribution is -0.138. The van der Waals surface area contributed by atoms with Crippen LogP contribution < -0.4 is 10.4 Å². The molecular weight excluding hydrogens is 454 g/mol. The van der Waals surface area contributed by atoms with E-state index < -0.39 is 32.3 Å². The molecule has 0 amide bonds. The smallest absolute Gasteiger partial charge is 0.166 e. The molecule has 0 aromatic heterocycles. The Morgan fingerprint density at radius 1 is 0.727 bits per heavy atom. The zero-order chi connectivity index (χ0) is 24.5. The second kappa shape index (κ2) is 12.3. The van der Waals surface area contributed by atoms with E-state index in [1.165, 1.54) is 49.9 Å². The minimum Gasteiger partial charge on any atom is -0.166 e. The van der Waals surface area contributed by atoms with Crippen LogP contribution in [0, 0.1) is 0 Å². The van der Waals surface area contributed by atoms with Crippen molar-refractivity contribution in [2.24, 2.45) is 0 Å². The third kappa shape index (κ3) is 8.54. The highest BCUT2D eigenvalue weighted by atomic mass is 28.3. The Morgan fingerprint density at radius 3 is 1.58 bits per heavy atom. The number of hydrogen-bond acceptors (Lipinski definition) is 0. The molecule has 0 saturated carbocycles. The van der Waals surface area contributed by atoms with E-state index >= 15 is 0 Å². The lowest BCUT2D eigenvalue weighted by Crippen LogP contribution is -2.43. The van der Waals surface area contributed by atoms with E-state index in [1.54, 1.807) is 0 Å². The predicted octanol–water partition coefficient (Wildman–Crippen LogP) is 7.74. The molecule has 0 aliphatic carbocycles. The van der Waals surface area contributed by atoms with E-state index in [-0.39, 0.29) is 0 Å². The lowest BCUT2D eigenvalue weighted by atomic mass is 10.1. The third-order valence-corrected chi connectivity index (χ3v) is 8.00. The number of rotatable bonds is 11. The van der Waals surface area contributed by atoms with Crippen molar-refractivity contribution in [1.82, 2.24) is 0 Å². The van der Waals surface area contributed by atoms with Crippen LogP contribution in [0.3, 0.4) is 0 Å². The van der Waals surface area contributed by atoms with Gasteiger partial charge >= 0.3 is 12.4 Å². The normalized spacial score (nSPS) is 12.6. The predicted molar refractivity (Wildman–Crippen MR) is 124 cm³/mol. The van der Waals surface area contributed by atoms with Gasteiger partial charge in [0.1, 0.15) is 0 Å². The lowest BCUT2D eigenvalue weighted by Gasteiger charge is -2.18. The molecule has 0 aliphatic heterocycles. The molecule has 0 unspecified atom stereocenters. The van der Waals surface area contributed by atoms with E-state index in [1.807, 2.05) is 12.2 Å². The fourth-order valence-corrected chi connectivity index (χ4v) is 5.90. The Hall–Kier alpha value is -2.28. The van der Waals surface area contributed by atoms with Crippen molar-refractivity contribution in [3.05, 3.63) is 83.6 Å². The van der Waals surface area contributed by atoms with Crippen LogP contribution in [0.4, 0.5) is 26.3 Å². The fourth-order valence-electron chi connectivity index (χ4n) is 3.54. The first-order valence-electron chi connectivity index (χ1n) is 11.1. The van der Waals surface area contributed by atoms with Gasteiger partial charge in [-0.2, -0.15) is 26.3 Å². The average molecular weight is 484 g/mol. The highest BCUT2D eigenvalue weighted by Crippen LogP contribution is 2.29. The van der Waals surface area contributed by atoms with Crippen LogP contribution in [0.2, 0.25) is 0 Å². The number of allylic oxidation sites excluding steroid dienone is 3. The maximum atomic E-state index is 13.0. The van der Waals surface area contributed by atoms with Crippen LogP contribution in [0.25, 0.3) is 0 Å². The Balaban J connectivity index is 2.20. The molecule has 0 nitrogen and oxygen atoms in total. The summed E-state index contributed by atoms with van der Waals surface area (Å²) in [6, 6.07) is 9.66. The molecule has 0 bridgehead atoms. The van der Waals surface area contributed by atoms with E-state index in [0.717, 1.165) is 43.5 Å². The summed E-state index contributed by atoms with van der Waals surface area (Å²) in [5, 5.41) is 1.99. The molecule has 0 fully saturated rings. The van der Waals surface area contributed by atoms with Crippen molar-refractivity contribution in [2.75, 3.05) is 0 Å². The quantitative estimate of drug-likeness (QED) is 0.133. The topological polar surface area (TPSA) is 0 Å². The molecule has 2 rings (SSSR count). The summed E-state index contributed by atoms with van der Waals surface area (Å²) in [5.41, 5.74) is -1.52. The number of unbranched alkanes of at least 4 members (excludes halogenated alkanes) is 6. The Bertz CT molecular complexity index is 835. The van der Waals surface area contributed by atoms with Crippen LogP contribution in [-0.2, 0) is 12.4 Å². The highest BCUT2D eigenvalue weighted by molar-refractivity contribution is 6.91. The van der Waals surface area contributed by atoms with E-state index in [0.29, 0.717) is 15.6 Å². The largest absolute Gasteiger partial charge is 0.416 e. The summed E-state index contributed by atoms with van der Waals surface area (Å²) in [6.07, 6.45) is 2.84. The van der Waals surface area contributed by atoms with Gasteiger partial charge in [-0.25, -0.2) is 0 Å². The van der Waals surface area contributed by atoms with Crippen molar-refractivity contribution >= 4 is 19.2 Å². The average Bonchev–Trinajstić information content (AvgIpc) is 2.75. The van der Waals surface area contributed by atoms with Crippen LogP contribution in [0.15, 0.2) is 72.5 Å². The van der Waals surface area contributed by atoms with Gasteiger partial charge in [-0.15, -0.1) is 0 Å². The van der Waals surface area contributed by atoms with Gasteiger partial charge in [0, 0.05) is 0 Å². The molecule has 0 heterocycles. The fraction of sp³-hybridized carbons (Fsp3) is 0.385. The molecule has 33 heavy (non-hydrogen) atoms. The van der Waals surface area contributed by atoms with Crippen LogP contribution in [0.5, 0.6) is 0 Å². The molecule has 2 aromatic rings. The highest BCUT2D eigenvalue weighted by Gasteiger charge is 2.32. The monoisotopic (exact) mass is 483 g/mol. The summed E-state index contributed by atoms with van der Waals surface area (Å²) in [5.74, 6) is 0. The number of hydrogen-bond donors (Lipinski definition) is 0. The first-order valence-corrected chi connectivity index (χ1v) is 12.6. The standard InChI is InChI=1S/C26H29F6Si/c1-3-4-5-6-7-8-9-10-11-20(2)33(23-16-12-21(13-17-23)25(27,28)29)24-18-14-22(15-19-24)26(30,31)32/h10-19H,2-9H2,1H3/b11-10+. The SMILES string of the molecule is C=C(/C=C/CCCCCCCC)[Si](c1ccc(C(F)(F)F)cc1)c1ccc(C(F)(F)F)cc1. The molecule has 0 aliphatic rings. The molecule has 2 aromatic carbocycles. The van der Waals surface area contributed by atoms with Gasteiger partial charge in [-0.05, 0) is 12.8 Å². The van der Waals surface area contributed by atoms with Crippen molar-refractivity contribution < 1.29 is 26.3 Å². The van der Waals surface area contributed by atoms with E-state index in [4.69, 9.17) is 0 Å². The molecule has 0 spiro atoms. The van der Waals surface area contributed by atoms with Gasteiger partial charge in [-0.3, -0.25) is 0 Å². The number of halogens is 6. The number of alkyl halides is 6. The molecule has 7 heteroatoms. The van der Waals surface area contributed by atoms with E-state index in [9.17, 15) is 26.3 Å². The van der Waals surface area contributed by atoms with Crippen LogP contribution >= 0.6 is 0 Å². The molecule has 0 atom stereocenters. The van der Waals surface area contributed by atoms with Crippen LogP contribution in [-0.4, -0.2) is 8.80 Å². The minimum atomic E-state index is -4.45. The molecule has 0 N–H and O–H groups in total. The summed E-state index contributed by atoms with van der Waals surface area (Å²) in [6.45, 7) is 6.29. The second-order valence-electron chi connectivity index (χ2n) is 8.01. The summed E-state index contributed by atoms with van der Waals surface area (Å²) in [4.78, 5) is 0. The number of benzene rings is 2. The molecule has 179 valence electrons. The Labute approximate surface area is 193 Å². The third-order valence-electron chi connectivity index (χ3n) is 5.37.